The minimum absolute atomic E-state index is 0.139. The minimum atomic E-state index is -4.72. The second-order valence-electron chi connectivity index (χ2n) is 4.24. The molecule has 1 rings (SSSR count). The summed E-state index contributed by atoms with van der Waals surface area (Å²) in [5.41, 5.74) is 0.886. The lowest BCUT2D eigenvalue weighted by Gasteiger charge is -2.19. The SMILES string of the molecule is CCOc1cc(CNC)cc(Br)c1OCC(O)C(F)(F)F. The summed E-state index contributed by atoms with van der Waals surface area (Å²) in [4.78, 5) is 0. The van der Waals surface area contributed by atoms with Crippen LogP contribution in [0, 0.1) is 0 Å². The van der Waals surface area contributed by atoms with Gasteiger partial charge in [0.1, 0.15) is 6.61 Å². The van der Waals surface area contributed by atoms with Crippen molar-refractivity contribution in [2.75, 3.05) is 20.3 Å². The van der Waals surface area contributed by atoms with Crippen LogP contribution >= 0.6 is 15.9 Å². The molecule has 4 nitrogen and oxygen atoms in total. The maximum Gasteiger partial charge on any atom is 0.417 e. The lowest BCUT2D eigenvalue weighted by Crippen LogP contribution is -2.34. The van der Waals surface area contributed by atoms with Crippen LogP contribution in [-0.4, -0.2) is 37.6 Å². The number of aliphatic hydroxyl groups is 1. The Morgan fingerprint density at radius 3 is 2.52 bits per heavy atom. The fourth-order valence-electron chi connectivity index (χ4n) is 1.59. The zero-order valence-electron chi connectivity index (χ0n) is 11.6. The van der Waals surface area contributed by atoms with E-state index in [0.717, 1.165) is 5.56 Å². The topological polar surface area (TPSA) is 50.7 Å². The van der Waals surface area contributed by atoms with E-state index in [1.807, 2.05) is 0 Å². The highest BCUT2D eigenvalue weighted by Gasteiger charge is 2.39. The summed E-state index contributed by atoms with van der Waals surface area (Å²) >= 11 is 3.24. The normalized spacial score (nSPS) is 13.1. The van der Waals surface area contributed by atoms with Gasteiger partial charge in [-0.3, -0.25) is 0 Å². The first-order chi connectivity index (χ1) is 9.79. The van der Waals surface area contributed by atoms with E-state index in [4.69, 9.17) is 14.6 Å². The molecule has 0 saturated carbocycles. The number of benzene rings is 1. The van der Waals surface area contributed by atoms with E-state index in [-0.39, 0.29) is 5.75 Å². The average Bonchev–Trinajstić information content (AvgIpc) is 2.37. The van der Waals surface area contributed by atoms with Crippen molar-refractivity contribution in [2.24, 2.45) is 0 Å². The van der Waals surface area contributed by atoms with Crippen LogP contribution in [0.1, 0.15) is 12.5 Å². The number of halogens is 4. The lowest BCUT2D eigenvalue weighted by atomic mass is 10.2. The molecule has 0 heterocycles. The molecule has 1 aromatic carbocycles. The molecule has 1 aromatic rings. The van der Waals surface area contributed by atoms with Gasteiger partial charge in [0.25, 0.3) is 0 Å². The van der Waals surface area contributed by atoms with Crippen LogP contribution in [0.5, 0.6) is 11.5 Å². The van der Waals surface area contributed by atoms with Crippen molar-refractivity contribution in [3.63, 3.8) is 0 Å². The molecule has 21 heavy (non-hydrogen) atoms. The number of hydrogen-bond acceptors (Lipinski definition) is 4. The van der Waals surface area contributed by atoms with Crippen LogP contribution in [0.4, 0.5) is 13.2 Å². The molecule has 0 aromatic heterocycles. The maximum atomic E-state index is 12.3. The molecule has 0 aliphatic rings. The highest BCUT2D eigenvalue weighted by atomic mass is 79.9. The Kier molecular flexibility index (Phi) is 6.76. The van der Waals surface area contributed by atoms with Gasteiger partial charge in [-0.1, -0.05) is 0 Å². The monoisotopic (exact) mass is 371 g/mol. The van der Waals surface area contributed by atoms with Crippen LogP contribution in [0.3, 0.4) is 0 Å². The maximum absolute atomic E-state index is 12.3. The second kappa shape index (κ2) is 7.86. The fraction of sp³-hybridized carbons (Fsp3) is 0.538. The third-order valence-electron chi connectivity index (χ3n) is 2.51. The van der Waals surface area contributed by atoms with Crippen molar-refractivity contribution in [3.8, 4) is 11.5 Å². The van der Waals surface area contributed by atoms with Gasteiger partial charge in [0, 0.05) is 6.54 Å². The molecule has 0 bridgehead atoms. The Morgan fingerprint density at radius 1 is 1.33 bits per heavy atom. The number of alkyl halides is 3. The van der Waals surface area contributed by atoms with Crippen LogP contribution in [0.15, 0.2) is 16.6 Å². The molecule has 1 atom stereocenters. The van der Waals surface area contributed by atoms with E-state index < -0.39 is 18.9 Å². The zero-order valence-corrected chi connectivity index (χ0v) is 13.2. The Labute approximate surface area is 129 Å². The molecule has 0 amide bonds. The van der Waals surface area contributed by atoms with Gasteiger partial charge in [-0.05, 0) is 47.6 Å². The van der Waals surface area contributed by atoms with Gasteiger partial charge in [-0.15, -0.1) is 0 Å². The van der Waals surface area contributed by atoms with Gasteiger partial charge < -0.3 is 19.9 Å². The van der Waals surface area contributed by atoms with E-state index in [1.165, 1.54) is 0 Å². The Hall–Kier alpha value is -0.990. The summed E-state index contributed by atoms with van der Waals surface area (Å²) in [6.07, 6.45) is -7.26. The number of nitrogens with one attached hydrogen (secondary N) is 1. The summed E-state index contributed by atoms with van der Waals surface area (Å²) < 4.78 is 47.8. The van der Waals surface area contributed by atoms with Crippen LogP contribution in [0.2, 0.25) is 0 Å². The first-order valence-corrected chi connectivity index (χ1v) is 7.06. The Morgan fingerprint density at radius 2 is 2.00 bits per heavy atom. The lowest BCUT2D eigenvalue weighted by molar-refractivity contribution is -0.210. The molecule has 2 N–H and O–H groups in total. The van der Waals surface area contributed by atoms with Gasteiger partial charge >= 0.3 is 6.18 Å². The van der Waals surface area contributed by atoms with Crippen molar-refractivity contribution in [1.82, 2.24) is 5.32 Å². The van der Waals surface area contributed by atoms with E-state index >= 15 is 0 Å². The van der Waals surface area contributed by atoms with Crippen molar-refractivity contribution < 1.29 is 27.8 Å². The number of rotatable bonds is 7. The first kappa shape index (κ1) is 18.1. The van der Waals surface area contributed by atoms with Gasteiger partial charge in [-0.2, -0.15) is 13.2 Å². The highest BCUT2D eigenvalue weighted by molar-refractivity contribution is 9.10. The van der Waals surface area contributed by atoms with Gasteiger partial charge in [0.15, 0.2) is 17.6 Å². The quantitative estimate of drug-likeness (QED) is 0.773. The van der Waals surface area contributed by atoms with E-state index in [1.54, 1.807) is 26.1 Å². The van der Waals surface area contributed by atoms with Gasteiger partial charge in [0.05, 0.1) is 11.1 Å². The molecule has 0 radical (unpaired) electrons. The zero-order chi connectivity index (χ0) is 16.0. The molecule has 1 unspecified atom stereocenters. The third-order valence-corrected chi connectivity index (χ3v) is 3.10. The van der Waals surface area contributed by atoms with Crippen molar-refractivity contribution in [3.05, 3.63) is 22.2 Å². The second-order valence-corrected chi connectivity index (χ2v) is 5.09. The number of aliphatic hydroxyl groups excluding tert-OH is 1. The molecule has 0 fully saturated rings. The van der Waals surface area contributed by atoms with Crippen molar-refractivity contribution in [2.45, 2.75) is 25.7 Å². The molecular formula is C13H17BrF3NO3. The summed E-state index contributed by atoms with van der Waals surface area (Å²) in [6.45, 7) is 1.78. The minimum Gasteiger partial charge on any atom is -0.490 e. The molecule has 120 valence electrons. The van der Waals surface area contributed by atoms with Crippen LogP contribution in [0.25, 0.3) is 0 Å². The first-order valence-electron chi connectivity index (χ1n) is 6.27. The van der Waals surface area contributed by atoms with Crippen molar-refractivity contribution >= 4 is 15.9 Å². The molecule has 0 aliphatic heterocycles. The smallest absolute Gasteiger partial charge is 0.417 e. The highest BCUT2D eigenvalue weighted by Crippen LogP contribution is 2.37. The Bertz CT molecular complexity index is 469. The third kappa shape index (κ3) is 5.37. The van der Waals surface area contributed by atoms with E-state index in [9.17, 15) is 13.2 Å². The molecule has 8 heteroatoms. The van der Waals surface area contributed by atoms with E-state index in [2.05, 4.69) is 21.2 Å². The average molecular weight is 372 g/mol. The van der Waals surface area contributed by atoms with E-state index in [0.29, 0.717) is 23.4 Å². The summed E-state index contributed by atoms with van der Waals surface area (Å²) in [5, 5.41) is 11.9. The van der Waals surface area contributed by atoms with Crippen molar-refractivity contribution in [1.29, 1.82) is 0 Å². The summed E-state index contributed by atoms with van der Waals surface area (Å²) in [7, 11) is 1.78. The molecule has 0 aliphatic carbocycles. The predicted octanol–water partition coefficient (Wildman–Crippen LogP) is 2.87. The van der Waals surface area contributed by atoms with Crippen LogP contribution in [-0.2, 0) is 6.54 Å². The molecule has 0 saturated heterocycles. The summed E-state index contributed by atoms with van der Waals surface area (Å²) in [6, 6.07) is 3.40. The summed E-state index contributed by atoms with van der Waals surface area (Å²) in [5.74, 6) is 0.464. The largest absolute Gasteiger partial charge is 0.490 e. The fourth-order valence-corrected chi connectivity index (χ4v) is 2.19. The standard InChI is InChI=1S/C13H17BrF3NO3/c1-3-20-10-5-8(6-18-2)4-9(14)12(10)21-7-11(19)13(15,16)17/h4-5,11,18-19H,3,6-7H2,1-2H3. The number of ether oxygens (including phenoxy) is 2. The molecular weight excluding hydrogens is 355 g/mol. The molecule has 0 spiro atoms. The Balaban J connectivity index is 2.94. The number of hydrogen-bond donors (Lipinski definition) is 2. The predicted molar refractivity (Wildman–Crippen MR) is 75.6 cm³/mol. The van der Waals surface area contributed by atoms with Crippen LogP contribution < -0.4 is 14.8 Å². The van der Waals surface area contributed by atoms with Gasteiger partial charge in [-0.25, -0.2) is 0 Å². The van der Waals surface area contributed by atoms with Gasteiger partial charge in [0.2, 0.25) is 0 Å².